The number of ether oxygens (including phenoxy) is 1. The molecule has 120 valence electrons. The number of halogens is 1. The van der Waals surface area contributed by atoms with Crippen molar-refractivity contribution in [1.29, 1.82) is 0 Å². The van der Waals surface area contributed by atoms with Crippen molar-refractivity contribution in [2.75, 3.05) is 39.3 Å². The Morgan fingerprint density at radius 3 is 2.45 bits per heavy atom. The normalized spacial score (nSPS) is 15.4. The van der Waals surface area contributed by atoms with Crippen LogP contribution in [0.3, 0.4) is 0 Å². The van der Waals surface area contributed by atoms with Crippen LogP contribution in [0.2, 0.25) is 0 Å². The lowest BCUT2D eigenvalue weighted by atomic mass is 10.2. The first-order valence-electron chi connectivity index (χ1n) is 7.26. The predicted octanol–water partition coefficient (Wildman–Crippen LogP) is 2.09. The van der Waals surface area contributed by atoms with Crippen LogP contribution in [0.5, 0.6) is 0 Å². The third-order valence-corrected chi connectivity index (χ3v) is 3.91. The van der Waals surface area contributed by atoms with E-state index in [-0.39, 0.29) is 10.0 Å². The van der Waals surface area contributed by atoms with Crippen molar-refractivity contribution < 1.29 is 14.3 Å². The largest absolute Gasteiger partial charge is 0.445 e. The minimum absolute atomic E-state index is 0.0410. The zero-order valence-electron chi connectivity index (χ0n) is 12.3. The molecule has 22 heavy (non-hydrogen) atoms. The second kappa shape index (κ2) is 8.94. The third-order valence-electron chi connectivity index (χ3n) is 3.53. The van der Waals surface area contributed by atoms with Gasteiger partial charge in [-0.3, -0.25) is 9.69 Å². The van der Waals surface area contributed by atoms with Gasteiger partial charge in [-0.05, 0) is 5.56 Å². The molecule has 0 radical (unpaired) electrons. The van der Waals surface area contributed by atoms with E-state index in [4.69, 9.17) is 4.74 Å². The molecule has 1 aromatic carbocycles. The maximum atomic E-state index is 12.0. The topological polar surface area (TPSA) is 61.9 Å². The Balaban J connectivity index is 1.65. The summed E-state index contributed by atoms with van der Waals surface area (Å²) in [5.74, 6) is 0. The number of rotatable bonds is 5. The van der Waals surface area contributed by atoms with Gasteiger partial charge in [0.05, 0.1) is 0 Å². The molecule has 1 aliphatic heterocycles. The molecule has 1 N–H and O–H groups in total. The first-order valence-corrected chi connectivity index (χ1v) is 8.34. The summed E-state index contributed by atoms with van der Waals surface area (Å²) in [7, 11) is 0. The smallest absolute Gasteiger partial charge is 0.410 e. The van der Waals surface area contributed by atoms with E-state index in [1.54, 1.807) is 27.5 Å². The van der Waals surface area contributed by atoms with Crippen LogP contribution in [-0.2, 0) is 11.3 Å². The van der Waals surface area contributed by atoms with Crippen LogP contribution in [0.25, 0.3) is 0 Å². The summed E-state index contributed by atoms with van der Waals surface area (Å²) in [6.07, 6.45) is -0.260. The van der Waals surface area contributed by atoms with Crippen LogP contribution >= 0.6 is 22.6 Å². The van der Waals surface area contributed by atoms with Gasteiger partial charge in [-0.25, -0.2) is 4.79 Å². The number of hydrogen-bond donors (Lipinski definition) is 1. The Morgan fingerprint density at radius 2 is 1.82 bits per heavy atom. The molecule has 0 spiro atoms. The van der Waals surface area contributed by atoms with Crippen molar-refractivity contribution in [3.63, 3.8) is 0 Å². The number of benzene rings is 1. The lowest BCUT2D eigenvalue weighted by molar-refractivity contribution is 0.0721. The Kier molecular flexibility index (Phi) is 6.91. The summed E-state index contributed by atoms with van der Waals surface area (Å²) in [5, 5.41) is 2.77. The third kappa shape index (κ3) is 5.80. The maximum absolute atomic E-state index is 12.0. The van der Waals surface area contributed by atoms with E-state index in [9.17, 15) is 9.59 Å². The zero-order chi connectivity index (χ0) is 15.8. The summed E-state index contributed by atoms with van der Waals surface area (Å²) < 4.78 is 5.28. The SMILES string of the molecule is O=C(I)NCCN1CCN(C(=O)OCc2ccccc2)CC1. The van der Waals surface area contributed by atoms with Crippen LogP contribution in [0.4, 0.5) is 9.59 Å². The molecule has 0 saturated carbocycles. The molecule has 0 aliphatic carbocycles. The van der Waals surface area contributed by atoms with Crippen LogP contribution in [-0.4, -0.2) is 59.1 Å². The number of nitrogens with zero attached hydrogens (tertiary/aromatic N) is 2. The highest BCUT2D eigenvalue weighted by atomic mass is 127. The van der Waals surface area contributed by atoms with E-state index in [0.29, 0.717) is 26.2 Å². The standard InChI is InChI=1S/C15H20IN3O3/c16-14(20)17-6-7-18-8-10-19(11-9-18)15(21)22-12-13-4-2-1-3-5-13/h1-5H,6-12H2,(H,17,20). The molecular weight excluding hydrogens is 397 g/mol. The van der Waals surface area contributed by atoms with Gasteiger partial charge in [0, 0.05) is 61.9 Å². The zero-order valence-corrected chi connectivity index (χ0v) is 14.5. The van der Waals surface area contributed by atoms with Crippen molar-refractivity contribution in [1.82, 2.24) is 15.1 Å². The molecule has 1 aromatic rings. The fraction of sp³-hybridized carbons (Fsp3) is 0.467. The molecule has 7 heteroatoms. The minimum atomic E-state index is -0.260. The summed E-state index contributed by atoms with van der Waals surface area (Å²) >= 11 is 1.72. The second-order valence-corrected chi connectivity index (χ2v) is 6.05. The van der Waals surface area contributed by atoms with Crippen LogP contribution < -0.4 is 5.32 Å². The molecule has 0 atom stereocenters. The summed E-state index contributed by atoms with van der Waals surface area (Å²) in [5.41, 5.74) is 0.990. The van der Waals surface area contributed by atoms with Gasteiger partial charge in [0.15, 0.2) is 0 Å². The molecule has 6 nitrogen and oxygen atoms in total. The van der Waals surface area contributed by atoms with Gasteiger partial charge in [-0.1, -0.05) is 30.3 Å². The van der Waals surface area contributed by atoms with Crippen LogP contribution in [0.1, 0.15) is 5.56 Å². The Hall–Kier alpha value is -1.35. The van der Waals surface area contributed by atoms with Gasteiger partial charge in [0.1, 0.15) is 6.61 Å². The highest BCUT2D eigenvalue weighted by Crippen LogP contribution is 2.06. The summed E-state index contributed by atoms with van der Waals surface area (Å²) in [4.78, 5) is 26.8. The number of hydrogen-bond acceptors (Lipinski definition) is 4. The van der Waals surface area contributed by atoms with Gasteiger partial charge in [-0.15, -0.1) is 0 Å². The van der Waals surface area contributed by atoms with Gasteiger partial charge in [0.25, 0.3) is 3.91 Å². The van der Waals surface area contributed by atoms with Crippen molar-refractivity contribution >= 4 is 32.6 Å². The fourth-order valence-corrected chi connectivity index (χ4v) is 2.55. The van der Waals surface area contributed by atoms with E-state index in [1.165, 1.54) is 0 Å². The van der Waals surface area contributed by atoms with Gasteiger partial charge >= 0.3 is 6.09 Å². The number of piperazine rings is 1. The van der Waals surface area contributed by atoms with Gasteiger partial charge in [-0.2, -0.15) is 0 Å². The molecule has 1 aliphatic rings. The molecule has 1 saturated heterocycles. The maximum Gasteiger partial charge on any atom is 0.410 e. The number of nitrogens with one attached hydrogen (secondary N) is 1. The molecule has 0 bridgehead atoms. The van der Waals surface area contributed by atoms with E-state index < -0.39 is 0 Å². The first-order chi connectivity index (χ1) is 10.6. The molecule has 2 amide bonds. The fourth-order valence-electron chi connectivity index (χ4n) is 2.28. The molecule has 2 rings (SSSR count). The van der Waals surface area contributed by atoms with Gasteiger partial charge in [0.2, 0.25) is 0 Å². The minimum Gasteiger partial charge on any atom is -0.445 e. The quantitative estimate of drug-likeness (QED) is 0.453. The summed E-state index contributed by atoms with van der Waals surface area (Å²) in [6, 6.07) is 9.66. The Morgan fingerprint density at radius 1 is 1.14 bits per heavy atom. The van der Waals surface area contributed by atoms with Crippen LogP contribution in [0, 0.1) is 0 Å². The number of carbonyl (C=O) groups excluding carboxylic acids is 2. The number of carbonyl (C=O) groups is 2. The lowest BCUT2D eigenvalue weighted by Gasteiger charge is -2.34. The monoisotopic (exact) mass is 417 g/mol. The average molecular weight is 417 g/mol. The van der Waals surface area contributed by atoms with Crippen molar-refractivity contribution in [3.8, 4) is 0 Å². The van der Waals surface area contributed by atoms with Crippen molar-refractivity contribution in [2.24, 2.45) is 0 Å². The van der Waals surface area contributed by atoms with Crippen molar-refractivity contribution in [3.05, 3.63) is 35.9 Å². The van der Waals surface area contributed by atoms with E-state index in [0.717, 1.165) is 25.2 Å². The number of amides is 2. The molecular formula is C15H20IN3O3. The van der Waals surface area contributed by atoms with Crippen molar-refractivity contribution in [2.45, 2.75) is 6.61 Å². The highest BCUT2D eigenvalue weighted by Gasteiger charge is 2.21. The lowest BCUT2D eigenvalue weighted by Crippen LogP contribution is -2.50. The van der Waals surface area contributed by atoms with E-state index in [1.807, 2.05) is 30.3 Å². The Labute approximate surface area is 143 Å². The molecule has 1 heterocycles. The van der Waals surface area contributed by atoms with E-state index in [2.05, 4.69) is 10.2 Å². The van der Waals surface area contributed by atoms with E-state index >= 15 is 0 Å². The first kappa shape index (κ1) is 17.0. The second-order valence-electron chi connectivity index (χ2n) is 5.07. The Bertz CT molecular complexity index is 490. The average Bonchev–Trinajstić information content (AvgIpc) is 2.54. The summed E-state index contributed by atoms with van der Waals surface area (Å²) in [6.45, 7) is 4.68. The van der Waals surface area contributed by atoms with Gasteiger partial charge < -0.3 is 15.0 Å². The predicted molar refractivity (Wildman–Crippen MR) is 92.1 cm³/mol. The molecule has 0 unspecified atom stereocenters. The molecule has 0 aromatic heterocycles. The molecule has 1 fully saturated rings. The highest BCUT2D eigenvalue weighted by molar-refractivity contribution is 14.1. The van der Waals surface area contributed by atoms with Crippen LogP contribution in [0.15, 0.2) is 30.3 Å².